The molecule has 1 aliphatic carbocycles. The lowest BCUT2D eigenvalue weighted by atomic mass is 9.89. The highest BCUT2D eigenvalue weighted by Gasteiger charge is 2.12. The third-order valence-corrected chi connectivity index (χ3v) is 4.63. The van der Waals surface area contributed by atoms with Gasteiger partial charge in [-0.25, -0.2) is 0 Å². The Labute approximate surface area is 141 Å². The molecule has 2 aromatic carbocycles. The fourth-order valence-electron chi connectivity index (χ4n) is 3.20. The number of aryl methyl sites for hydroxylation is 2. The number of ether oxygens (including phenoxy) is 1. The third-order valence-electron chi connectivity index (χ3n) is 4.63. The third kappa shape index (κ3) is 4.32. The van der Waals surface area contributed by atoms with E-state index in [1.54, 1.807) is 12.1 Å². The normalized spacial score (nSPS) is 15.2. The van der Waals surface area contributed by atoms with Crippen LogP contribution in [0.3, 0.4) is 0 Å². The number of alkyl halides is 2. The molecule has 0 aromatic heterocycles. The minimum atomic E-state index is -2.78. The molecule has 0 aliphatic heterocycles. The molecule has 1 N–H and O–H groups in total. The lowest BCUT2D eigenvalue weighted by molar-refractivity contribution is -0.0498. The molecule has 0 radical (unpaired) electrons. The number of fused-ring (bicyclic) bond motifs is 1. The van der Waals surface area contributed by atoms with Crippen LogP contribution in [0, 0.1) is 0 Å². The molecule has 1 aliphatic rings. The van der Waals surface area contributed by atoms with Crippen LogP contribution in [0.15, 0.2) is 42.5 Å². The van der Waals surface area contributed by atoms with Crippen molar-refractivity contribution in [2.45, 2.75) is 51.8 Å². The minimum Gasteiger partial charge on any atom is -0.435 e. The van der Waals surface area contributed by atoms with Gasteiger partial charge in [0.25, 0.3) is 0 Å². The molecule has 2 aromatic rings. The second-order valence-electron chi connectivity index (χ2n) is 6.36. The molecule has 0 bridgehead atoms. The van der Waals surface area contributed by atoms with Gasteiger partial charge in [-0.05, 0) is 67.0 Å². The van der Waals surface area contributed by atoms with Gasteiger partial charge in [-0.3, -0.25) is 0 Å². The quantitative estimate of drug-likeness (QED) is 0.803. The van der Waals surface area contributed by atoms with Crippen molar-refractivity contribution < 1.29 is 13.5 Å². The predicted molar refractivity (Wildman–Crippen MR) is 91.4 cm³/mol. The topological polar surface area (TPSA) is 21.3 Å². The highest BCUT2D eigenvalue weighted by Crippen LogP contribution is 2.25. The Kier molecular flexibility index (Phi) is 5.46. The van der Waals surface area contributed by atoms with Crippen LogP contribution in [0.2, 0.25) is 0 Å². The second kappa shape index (κ2) is 7.75. The van der Waals surface area contributed by atoms with Crippen LogP contribution < -0.4 is 10.1 Å². The summed E-state index contributed by atoms with van der Waals surface area (Å²) in [7, 11) is 0. The summed E-state index contributed by atoms with van der Waals surface area (Å²) >= 11 is 0. The molecule has 0 amide bonds. The summed E-state index contributed by atoms with van der Waals surface area (Å²) in [5.41, 5.74) is 5.32. The summed E-state index contributed by atoms with van der Waals surface area (Å²) in [6.45, 7) is 0.0597. The van der Waals surface area contributed by atoms with Crippen molar-refractivity contribution in [1.29, 1.82) is 0 Å². The van der Waals surface area contributed by atoms with E-state index in [9.17, 15) is 8.78 Å². The van der Waals surface area contributed by atoms with Gasteiger partial charge in [0.05, 0.1) is 0 Å². The first-order chi connectivity index (χ1) is 11.6. The Morgan fingerprint density at radius 3 is 2.42 bits per heavy atom. The van der Waals surface area contributed by atoms with Gasteiger partial charge < -0.3 is 10.1 Å². The van der Waals surface area contributed by atoms with Gasteiger partial charge in [-0.1, -0.05) is 30.3 Å². The fourth-order valence-corrected chi connectivity index (χ4v) is 3.20. The molecular weight excluding hydrogens is 308 g/mol. The average molecular weight is 331 g/mol. The monoisotopic (exact) mass is 331 g/mol. The van der Waals surface area contributed by atoms with E-state index in [2.05, 4.69) is 35.2 Å². The van der Waals surface area contributed by atoms with Gasteiger partial charge in [-0.15, -0.1) is 0 Å². The lowest BCUT2D eigenvalue weighted by Gasteiger charge is -2.20. The first-order valence-corrected chi connectivity index (χ1v) is 8.50. The van der Waals surface area contributed by atoms with E-state index < -0.39 is 6.61 Å². The number of hydrogen-bond acceptors (Lipinski definition) is 2. The SMILES string of the molecule is C[C@H](NCc1ccc(OC(F)F)cc1)c1ccc2c(c1)CCCC2. The summed E-state index contributed by atoms with van der Waals surface area (Å²) in [6, 6.07) is 13.8. The molecule has 3 rings (SSSR count). The van der Waals surface area contributed by atoms with E-state index in [4.69, 9.17) is 0 Å². The number of nitrogens with one attached hydrogen (secondary N) is 1. The van der Waals surface area contributed by atoms with Crippen LogP contribution in [0.25, 0.3) is 0 Å². The van der Waals surface area contributed by atoms with Gasteiger partial charge >= 0.3 is 6.61 Å². The smallest absolute Gasteiger partial charge is 0.387 e. The Bertz CT molecular complexity index is 670. The van der Waals surface area contributed by atoms with Crippen molar-refractivity contribution in [3.8, 4) is 5.75 Å². The molecule has 0 unspecified atom stereocenters. The Hall–Kier alpha value is -1.94. The maximum Gasteiger partial charge on any atom is 0.387 e. The first kappa shape index (κ1) is 16.9. The maximum atomic E-state index is 12.1. The molecule has 0 heterocycles. The van der Waals surface area contributed by atoms with Crippen molar-refractivity contribution in [3.63, 3.8) is 0 Å². The van der Waals surface area contributed by atoms with Crippen LogP contribution in [0.4, 0.5) is 8.78 Å². The van der Waals surface area contributed by atoms with Crippen LogP contribution in [0.1, 0.15) is 48.1 Å². The number of benzene rings is 2. The molecule has 4 heteroatoms. The molecule has 0 saturated carbocycles. The van der Waals surface area contributed by atoms with Gasteiger partial charge in [0.15, 0.2) is 0 Å². The summed E-state index contributed by atoms with van der Waals surface area (Å²) in [4.78, 5) is 0. The summed E-state index contributed by atoms with van der Waals surface area (Å²) < 4.78 is 28.7. The van der Waals surface area contributed by atoms with Crippen LogP contribution >= 0.6 is 0 Å². The number of hydrogen-bond donors (Lipinski definition) is 1. The molecule has 0 saturated heterocycles. The Balaban J connectivity index is 1.58. The first-order valence-electron chi connectivity index (χ1n) is 8.50. The lowest BCUT2D eigenvalue weighted by Crippen LogP contribution is -2.18. The molecular formula is C20H23F2NO. The van der Waals surface area contributed by atoms with E-state index >= 15 is 0 Å². The largest absolute Gasteiger partial charge is 0.435 e. The summed E-state index contributed by atoms with van der Waals surface area (Å²) in [5.74, 6) is 0.191. The van der Waals surface area contributed by atoms with Gasteiger partial charge in [-0.2, -0.15) is 8.78 Å². The van der Waals surface area contributed by atoms with Crippen LogP contribution in [0.5, 0.6) is 5.75 Å². The maximum absolute atomic E-state index is 12.1. The van der Waals surface area contributed by atoms with Crippen molar-refractivity contribution in [2.24, 2.45) is 0 Å². The van der Waals surface area contributed by atoms with E-state index in [0.717, 1.165) is 5.56 Å². The predicted octanol–water partition coefficient (Wildman–Crippen LogP) is 5.02. The average Bonchev–Trinajstić information content (AvgIpc) is 2.60. The fraction of sp³-hybridized carbons (Fsp3) is 0.400. The molecule has 0 fully saturated rings. The zero-order valence-corrected chi connectivity index (χ0v) is 13.9. The Morgan fingerprint density at radius 1 is 1.00 bits per heavy atom. The van der Waals surface area contributed by atoms with E-state index in [0.29, 0.717) is 6.54 Å². The number of rotatable bonds is 6. The molecule has 0 spiro atoms. The van der Waals surface area contributed by atoms with Crippen LogP contribution in [-0.2, 0) is 19.4 Å². The molecule has 1 atom stereocenters. The van der Waals surface area contributed by atoms with E-state index in [1.807, 2.05) is 12.1 Å². The van der Waals surface area contributed by atoms with Crippen LogP contribution in [-0.4, -0.2) is 6.61 Å². The number of halogens is 2. The van der Waals surface area contributed by atoms with Gasteiger partial charge in [0.1, 0.15) is 5.75 Å². The summed E-state index contributed by atoms with van der Waals surface area (Å²) in [5, 5.41) is 3.49. The highest BCUT2D eigenvalue weighted by atomic mass is 19.3. The standard InChI is InChI=1S/C20H23F2NO/c1-14(17-9-8-16-4-2-3-5-18(16)12-17)23-13-15-6-10-19(11-7-15)24-20(21)22/h6-12,14,20,23H,2-5,13H2,1H3/t14-/m0/s1. The van der Waals surface area contributed by atoms with E-state index in [-0.39, 0.29) is 11.8 Å². The zero-order valence-electron chi connectivity index (χ0n) is 13.9. The second-order valence-corrected chi connectivity index (χ2v) is 6.36. The minimum absolute atomic E-state index is 0.191. The van der Waals surface area contributed by atoms with Crippen molar-refractivity contribution in [2.75, 3.05) is 0 Å². The van der Waals surface area contributed by atoms with Crippen molar-refractivity contribution >= 4 is 0 Å². The highest BCUT2D eigenvalue weighted by molar-refractivity contribution is 5.35. The molecule has 128 valence electrons. The molecule has 2 nitrogen and oxygen atoms in total. The van der Waals surface area contributed by atoms with Gasteiger partial charge in [0.2, 0.25) is 0 Å². The molecule has 24 heavy (non-hydrogen) atoms. The van der Waals surface area contributed by atoms with Gasteiger partial charge in [0, 0.05) is 12.6 Å². The Morgan fingerprint density at radius 2 is 1.71 bits per heavy atom. The zero-order chi connectivity index (χ0) is 16.9. The van der Waals surface area contributed by atoms with E-state index in [1.165, 1.54) is 42.4 Å². The van der Waals surface area contributed by atoms with Crippen molar-refractivity contribution in [1.82, 2.24) is 5.32 Å². The summed E-state index contributed by atoms with van der Waals surface area (Å²) in [6.07, 6.45) is 4.96. The van der Waals surface area contributed by atoms with Crippen molar-refractivity contribution in [3.05, 3.63) is 64.7 Å².